The molecule has 0 saturated carbocycles. The van der Waals surface area contributed by atoms with Gasteiger partial charge in [-0.1, -0.05) is 11.8 Å². The van der Waals surface area contributed by atoms with E-state index in [-0.39, 0.29) is 18.0 Å². The Labute approximate surface area is 119 Å². The van der Waals surface area contributed by atoms with Crippen molar-refractivity contribution in [1.29, 1.82) is 0 Å². The molecular weight excluding hydrogens is 279 g/mol. The number of amides is 1. The average molecular weight is 294 g/mol. The van der Waals surface area contributed by atoms with Crippen molar-refractivity contribution in [2.24, 2.45) is 5.73 Å². The number of hydrogen-bond donors (Lipinski definition) is 1. The van der Waals surface area contributed by atoms with E-state index in [1.54, 1.807) is 4.90 Å². The van der Waals surface area contributed by atoms with Gasteiger partial charge in [0, 0.05) is 41.0 Å². The van der Waals surface area contributed by atoms with E-state index in [0.29, 0.717) is 30.2 Å². The highest BCUT2D eigenvalue weighted by Gasteiger charge is 2.23. The lowest BCUT2D eigenvalue weighted by Gasteiger charge is -2.26. The summed E-state index contributed by atoms with van der Waals surface area (Å²) < 4.78 is 24.7. The molecule has 1 fully saturated rings. The second-order valence-electron chi connectivity index (χ2n) is 4.34. The summed E-state index contributed by atoms with van der Waals surface area (Å²) in [7, 11) is -0.861. The smallest absolute Gasteiger partial charge is 0.255 e. The Morgan fingerprint density at radius 1 is 1.40 bits per heavy atom. The fraction of sp³-hybridized carbons (Fsp3) is 0.357. The highest BCUT2D eigenvalue weighted by Crippen LogP contribution is 2.15. The van der Waals surface area contributed by atoms with E-state index in [1.807, 2.05) is 0 Å². The molecule has 1 aromatic rings. The quantitative estimate of drug-likeness (QED) is 0.760. The molecule has 1 aromatic carbocycles. The predicted octanol–water partition coefficient (Wildman–Crippen LogP) is 0.340. The summed E-state index contributed by atoms with van der Waals surface area (Å²) in [5.74, 6) is 5.62. The zero-order valence-corrected chi connectivity index (χ0v) is 11.7. The molecule has 0 spiro atoms. The Morgan fingerprint density at radius 2 is 2.10 bits per heavy atom. The first-order valence-corrected chi connectivity index (χ1v) is 7.73. The molecule has 0 bridgehead atoms. The molecule has 106 valence electrons. The maximum Gasteiger partial charge on any atom is 0.255 e. The van der Waals surface area contributed by atoms with Gasteiger partial charge in [0.05, 0.1) is 12.1 Å². The van der Waals surface area contributed by atoms with Crippen LogP contribution in [0.4, 0.5) is 4.39 Å². The second kappa shape index (κ2) is 6.64. The van der Waals surface area contributed by atoms with Gasteiger partial charge in [-0.15, -0.1) is 0 Å². The monoisotopic (exact) mass is 294 g/mol. The summed E-state index contributed by atoms with van der Waals surface area (Å²) in [6, 6.07) is 3.93. The molecule has 0 unspecified atom stereocenters. The van der Waals surface area contributed by atoms with Gasteiger partial charge >= 0.3 is 0 Å². The molecule has 1 amide bonds. The van der Waals surface area contributed by atoms with E-state index in [0.717, 1.165) is 0 Å². The summed E-state index contributed by atoms with van der Waals surface area (Å²) >= 11 is 0. The van der Waals surface area contributed by atoms with E-state index in [2.05, 4.69) is 11.8 Å². The Morgan fingerprint density at radius 3 is 2.75 bits per heavy atom. The van der Waals surface area contributed by atoms with Crippen LogP contribution in [0.2, 0.25) is 0 Å². The fourth-order valence-corrected chi connectivity index (χ4v) is 3.01. The van der Waals surface area contributed by atoms with Crippen molar-refractivity contribution in [1.82, 2.24) is 4.90 Å². The van der Waals surface area contributed by atoms with Crippen molar-refractivity contribution in [3.8, 4) is 11.8 Å². The van der Waals surface area contributed by atoms with Crippen LogP contribution in [0.25, 0.3) is 0 Å². The number of nitrogens with zero attached hydrogens (tertiary/aromatic N) is 1. The normalized spacial score (nSPS) is 15.6. The van der Waals surface area contributed by atoms with Crippen molar-refractivity contribution in [3.05, 3.63) is 35.1 Å². The van der Waals surface area contributed by atoms with Gasteiger partial charge in [0.25, 0.3) is 5.91 Å². The molecule has 0 radical (unpaired) electrons. The van der Waals surface area contributed by atoms with Crippen molar-refractivity contribution < 1.29 is 13.4 Å². The third-order valence-electron chi connectivity index (χ3n) is 3.00. The average Bonchev–Trinajstić information content (AvgIpc) is 2.46. The third-order valence-corrected chi connectivity index (χ3v) is 4.28. The van der Waals surface area contributed by atoms with E-state index in [1.165, 1.54) is 18.2 Å². The van der Waals surface area contributed by atoms with Gasteiger partial charge in [0.1, 0.15) is 5.82 Å². The van der Waals surface area contributed by atoms with Crippen LogP contribution in [0.15, 0.2) is 18.2 Å². The lowest BCUT2D eigenvalue weighted by atomic mass is 10.1. The minimum absolute atomic E-state index is 0.174. The topological polar surface area (TPSA) is 63.4 Å². The molecule has 1 saturated heterocycles. The van der Waals surface area contributed by atoms with Gasteiger partial charge in [-0.25, -0.2) is 4.39 Å². The van der Waals surface area contributed by atoms with Crippen molar-refractivity contribution in [2.45, 2.75) is 0 Å². The van der Waals surface area contributed by atoms with E-state index >= 15 is 0 Å². The standard InChI is InChI=1S/C14H15FN2O2S/c15-12-4-3-11(2-1-5-16)13(10-12)14(18)17-6-8-20(19)9-7-17/h3-4,10H,5-9,16H2. The molecule has 2 N–H and O–H groups in total. The van der Waals surface area contributed by atoms with Gasteiger partial charge in [0.2, 0.25) is 0 Å². The van der Waals surface area contributed by atoms with Gasteiger partial charge in [0.15, 0.2) is 0 Å². The number of nitrogens with two attached hydrogens (primary N) is 1. The molecule has 1 aliphatic rings. The van der Waals surface area contributed by atoms with Crippen LogP contribution in [-0.2, 0) is 10.8 Å². The molecule has 1 heterocycles. The molecule has 0 aromatic heterocycles. The largest absolute Gasteiger partial charge is 0.337 e. The fourth-order valence-electron chi connectivity index (χ4n) is 1.96. The summed E-state index contributed by atoms with van der Waals surface area (Å²) in [5, 5.41) is 0. The summed E-state index contributed by atoms with van der Waals surface area (Å²) in [5.41, 5.74) is 6.01. The van der Waals surface area contributed by atoms with Crippen LogP contribution in [0.3, 0.4) is 0 Å². The van der Waals surface area contributed by atoms with Crippen molar-refractivity contribution in [2.75, 3.05) is 31.1 Å². The van der Waals surface area contributed by atoms with Gasteiger partial charge in [-0.05, 0) is 18.2 Å². The first-order valence-electron chi connectivity index (χ1n) is 6.24. The zero-order chi connectivity index (χ0) is 14.5. The number of benzene rings is 1. The van der Waals surface area contributed by atoms with Gasteiger partial charge < -0.3 is 10.6 Å². The number of carbonyl (C=O) groups is 1. The van der Waals surface area contributed by atoms with Gasteiger partial charge in [-0.3, -0.25) is 9.00 Å². The maximum atomic E-state index is 13.4. The molecule has 20 heavy (non-hydrogen) atoms. The van der Waals surface area contributed by atoms with Crippen LogP contribution < -0.4 is 5.73 Å². The lowest BCUT2D eigenvalue weighted by Crippen LogP contribution is -2.42. The van der Waals surface area contributed by atoms with Crippen molar-refractivity contribution >= 4 is 16.7 Å². The zero-order valence-electron chi connectivity index (χ0n) is 10.9. The Kier molecular flexibility index (Phi) is 4.88. The molecular formula is C14H15FN2O2S. The van der Waals surface area contributed by atoms with Crippen LogP contribution in [-0.4, -0.2) is 46.2 Å². The summed E-state index contributed by atoms with van der Waals surface area (Å²) in [6.07, 6.45) is 0. The molecule has 2 rings (SSSR count). The Balaban J connectivity index is 2.28. The van der Waals surface area contributed by atoms with Gasteiger partial charge in [-0.2, -0.15) is 0 Å². The Bertz CT molecular complexity index is 597. The van der Waals surface area contributed by atoms with E-state index < -0.39 is 16.6 Å². The first kappa shape index (κ1) is 14.7. The Hall–Kier alpha value is -1.71. The SMILES string of the molecule is NCC#Cc1ccc(F)cc1C(=O)N1CCS(=O)CC1. The minimum atomic E-state index is -0.861. The van der Waals surface area contributed by atoms with Crippen LogP contribution in [0, 0.1) is 17.7 Å². The van der Waals surface area contributed by atoms with Crippen LogP contribution >= 0.6 is 0 Å². The third kappa shape index (κ3) is 3.44. The summed E-state index contributed by atoms with van der Waals surface area (Å²) in [6.45, 7) is 1.02. The van der Waals surface area contributed by atoms with Crippen LogP contribution in [0.5, 0.6) is 0 Å². The molecule has 1 aliphatic heterocycles. The predicted molar refractivity (Wildman–Crippen MR) is 76.1 cm³/mol. The summed E-state index contributed by atoms with van der Waals surface area (Å²) in [4.78, 5) is 14.0. The van der Waals surface area contributed by atoms with E-state index in [9.17, 15) is 13.4 Å². The number of hydrogen-bond acceptors (Lipinski definition) is 3. The number of halogens is 1. The molecule has 4 nitrogen and oxygen atoms in total. The minimum Gasteiger partial charge on any atom is -0.337 e. The number of rotatable bonds is 1. The highest BCUT2D eigenvalue weighted by atomic mass is 32.2. The molecule has 0 aliphatic carbocycles. The van der Waals surface area contributed by atoms with E-state index in [4.69, 9.17) is 5.73 Å². The molecule has 0 atom stereocenters. The van der Waals surface area contributed by atoms with Crippen molar-refractivity contribution in [3.63, 3.8) is 0 Å². The van der Waals surface area contributed by atoms with Crippen LogP contribution in [0.1, 0.15) is 15.9 Å². The first-order chi connectivity index (χ1) is 9.61. The number of carbonyl (C=O) groups excluding carboxylic acids is 1. The highest BCUT2D eigenvalue weighted by molar-refractivity contribution is 7.85. The lowest BCUT2D eigenvalue weighted by molar-refractivity contribution is 0.0770. The maximum absolute atomic E-state index is 13.4. The second-order valence-corrected chi connectivity index (χ2v) is 6.03. The molecule has 6 heteroatoms.